The number of hydrogen-bond acceptors (Lipinski definition) is 5. The number of benzene rings is 1. The van der Waals surface area contributed by atoms with Gasteiger partial charge in [-0.05, 0) is 73.5 Å². The Morgan fingerprint density at radius 2 is 2.07 bits per heavy atom. The first-order chi connectivity index (χ1) is 14.0. The summed E-state index contributed by atoms with van der Waals surface area (Å²) in [6.07, 6.45) is 7.93. The molecule has 3 N–H and O–H groups in total. The van der Waals surface area contributed by atoms with Crippen LogP contribution in [0, 0.1) is 17.8 Å². The third kappa shape index (κ3) is 5.59. The molecule has 5 atom stereocenters. The molecule has 0 unspecified atom stereocenters. The summed E-state index contributed by atoms with van der Waals surface area (Å²) in [5, 5.41) is 29.9. The van der Waals surface area contributed by atoms with Crippen molar-refractivity contribution in [3.8, 4) is 5.75 Å². The van der Waals surface area contributed by atoms with Crippen LogP contribution in [-0.2, 0) is 17.6 Å². The number of aliphatic hydroxyl groups is 3. The summed E-state index contributed by atoms with van der Waals surface area (Å²) >= 11 is 0. The Morgan fingerprint density at radius 1 is 1.24 bits per heavy atom. The Bertz CT molecular complexity index is 673. The molecular weight excluding hydrogens is 368 g/mol. The van der Waals surface area contributed by atoms with Crippen molar-refractivity contribution in [3.05, 3.63) is 29.3 Å². The second kappa shape index (κ2) is 10.6. The van der Waals surface area contributed by atoms with Crippen molar-refractivity contribution >= 4 is 5.78 Å². The molecule has 0 radical (unpaired) electrons. The Morgan fingerprint density at radius 3 is 2.83 bits per heavy atom. The molecule has 1 aromatic carbocycles. The molecule has 0 spiro atoms. The molecule has 2 aliphatic rings. The zero-order valence-corrected chi connectivity index (χ0v) is 17.6. The topological polar surface area (TPSA) is 87.0 Å². The second-order valence-corrected chi connectivity index (χ2v) is 8.91. The highest BCUT2D eigenvalue weighted by Gasteiger charge is 2.44. The van der Waals surface area contributed by atoms with Gasteiger partial charge in [-0.2, -0.15) is 0 Å². The molecule has 5 heteroatoms. The number of aliphatic hydroxyl groups excluding tert-OH is 3. The molecule has 1 fully saturated rings. The number of hydrogen-bond donors (Lipinski definition) is 3. The predicted molar refractivity (Wildman–Crippen MR) is 112 cm³/mol. The smallest absolute Gasteiger partial charge is 0.195 e. The van der Waals surface area contributed by atoms with Gasteiger partial charge >= 0.3 is 0 Å². The lowest BCUT2D eigenvalue weighted by molar-refractivity contribution is -0.123. The van der Waals surface area contributed by atoms with Gasteiger partial charge in [-0.15, -0.1) is 0 Å². The minimum atomic E-state index is -0.502. The van der Waals surface area contributed by atoms with E-state index in [0.29, 0.717) is 11.8 Å². The van der Waals surface area contributed by atoms with Crippen LogP contribution < -0.4 is 4.74 Å². The molecule has 1 saturated carbocycles. The molecule has 0 saturated heterocycles. The lowest BCUT2D eigenvalue weighted by atomic mass is 9.73. The quantitative estimate of drug-likeness (QED) is 0.494. The Balaban J connectivity index is 1.62. The molecule has 0 heterocycles. The summed E-state index contributed by atoms with van der Waals surface area (Å²) in [4.78, 5) is 11.4. The van der Waals surface area contributed by atoms with Crippen LogP contribution in [-0.4, -0.2) is 46.5 Å². The second-order valence-electron chi connectivity index (χ2n) is 8.91. The van der Waals surface area contributed by atoms with Crippen molar-refractivity contribution in [3.63, 3.8) is 0 Å². The summed E-state index contributed by atoms with van der Waals surface area (Å²) in [7, 11) is 0. The van der Waals surface area contributed by atoms with Crippen molar-refractivity contribution in [1.29, 1.82) is 0 Å². The lowest BCUT2D eigenvalue weighted by Crippen LogP contribution is -2.28. The molecule has 2 aliphatic carbocycles. The Labute approximate surface area is 174 Å². The standard InChI is InChI=1S/C24H36O5/c1-2-3-4-7-18(26)9-10-20-21-11-16-6-5-8-24(29-15-19(27)14-25)22(16)12-17(21)13-23(20)28/h5-6,8,17-18,20-21,23,25-26,28H,2-4,7,9-15H2,1H3/t17-,18-,20+,21-,23+/m0/s1. The van der Waals surface area contributed by atoms with Gasteiger partial charge in [0, 0.05) is 0 Å². The van der Waals surface area contributed by atoms with Crippen LogP contribution in [0.3, 0.4) is 0 Å². The van der Waals surface area contributed by atoms with Gasteiger partial charge in [0.2, 0.25) is 0 Å². The fraction of sp³-hybridized carbons (Fsp3) is 0.708. The van der Waals surface area contributed by atoms with Crippen molar-refractivity contribution in [2.24, 2.45) is 17.8 Å². The summed E-state index contributed by atoms with van der Waals surface area (Å²) in [6.45, 7) is 1.56. The molecule has 3 rings (SSSR count). The fourth-order valence-corrected chi connectivity index (χ4v) is 5.30. The van der Waals surface area contributed by atoms with Crippen LogP contribution >= 0.6 is 0 Å². The number of carbonyl (C=O) groups is 1. The van der Waals surface area contributed by atoms with E-state index in [-0.39, 0.29) is 30.5 Å². The van der Waals surface area contributed by atoms with E-state index >= 15 is 0 Å². The summed E-state index contributed by atoms with van der Waals surface area (Å²) in [5.74, 6) is 1.50. The number of unbranched alkanes of at least 4 members (excludes halogenated alkanes) is 2. The van der Waals surface area contributed by atoms with E-state index in [1.165, 1.54) is 12.0 Å². The van der Waals surface area contributed by atoms with Crippen LogP contribution in [0.4, 0.5) is 0 Å². The van der Waals surface area contributed by atoms with Crippen LogP contribution in [0.2, 0.25) is 0 Å². The summed E-state index contributed by atoms with van der Waals surface area (Å²) < 4.78 is 5.68. The van der Waals surface area contributed by atoms with Crippen molar-refractivity contribution in [1.82, 2.24) is 0 Å². The van der Waals surface area contributed by atoms with Crippen LogP contribution in [0.1, 0.15) is 63.0 Å². The zero-order valence-electron chi connectivity index (χ0n) is 17.6. The van der Waals surface area contributed by atoms with Crippen LogP contribution in [0.15, 0.2) is 18.2 Å². The number of rotatable bonds is 11. The SMILES string of the molecule is CCCCC[C@H](O)CC[C@@H]1[C@H]2Cc3cccc(OCC(=O)CO)c3C[C@H]2C[C@H]1O. The average Bonchev–Trinajstić information content (AvgIpc) is 3.02. The molecule has 29 heavy (non-hydrogen) atoms. The number of ether oxygens (including phenoxy) is 1. The van der Waals surface area contributed by atoms with E-state index in [9.17, 15) is 15.0 Å². The monoisotopic (exact) mass is 404 g/mol. The molecule has 5 nitrogen and oxygen atoms in total. The first kappa shape index (κ1) is 22.3. The molecule has 0 aromatic heterocycles. The maximum atomic E-state index is 11.4. The number of carbonyl (C=O) groups excluding carboxylic acids is 1. The first-order valence-corrected chi connectivity index (χ1v) is 11.3. The molecule has 1 aromatic rings. The summed E-state index contributed by atoms with van der Waals surface area (Å²) in [5.41, 5.74) is 2.38. The highest BCUT2D eigenvalue weighted by atomic mass is 16.5. The minimum Gasteiger partial charge on any atom is -0.485 e. The maximum absolute atomic E-state index is 11.4. The molecular formula is C24H36O5. The van der Waals surface area contributed by atoms with Gasteiger partial charge in [0.15, 0.2) is 5.78 Å². The molecule has 0 bridgehead atoms. The van der Waals surface area contributed by atoms with Gasteiger partial charge in [-0.3, -0.25) is 4.79 Å². The highest BCUT2D eigenvalue weighted by molar-refractivity contribution is 5.80. The van der Waals surface area contributed by atoms with Crippen LogP contribution in [0.5, 0.6) is 5.75 Å². The largest absolute Gasteiger partial charge is 0.485 e. The summed E-state index contributed by atoms with van der Waals surface area (Å²) in [6, 6.07) is 5.96. The van der Waals surface area contributed by atoms with Gasteiger partial charge in [0.1, 0.15) is 19.0 Å². The van der Waals surface area contributed by atoms with Crippen molar-refractivity contribution in [2.75, 3.05) is 13.2 Å². The fourth-order valence-electron chi connectivity index (χ4n) is 5.30. The van der Waals surface area contributed by atoms with Gasteiger partial charge < -0.3 is 20.1 Å². The predicted octanol–water partition coefficient (Wildman–Crippen LogP) is 3.06. The number of fused-ring (bicyclic) bond motifs is 2. The Kier molecular flexibility index (Phi) is 8.10. The van der Waals surface area contributed by atoms with E-state index in [1.54, 1.807) is 0 Å². The van der Waals surface area contributed by atoms with E-state index in [0.717, 1.165) is 62.7 Å². The van der Waals surface area contributed by atoms with E-state index in [1.807, 2.05) is 12.1 Å². The molecule has 0 aliphatic heterocycles. The van der Waals surface area contributed by atoms with Gasteiger partial charge in [-0.1, -0.05) is 38.3 Å². The van der Waals surface area contributed by atoms with Crippen LogP contribution in [0.25, 0.3) is 0 Å². The van der Waals surface area contributed by atoms with Gasteiger partial charge in [0.05, 0.1) is 12.2 Å². The highest BCUT2D eigenvalue weighted by Crippen LogP contribution is 2.48. The molecule has 162 valence electrons. The minimum absolute atomic E-state index is 0.109. The van der Waals surface area contributed by atoms with E-state index in [2.05, 4.69) is 13.0 Å². The zero-order chi connectivity index (χ0) is 20.8. The Hall–Kier alpha value is -1.43. The van der Waals surface area contributed by atoms with Gasteiger partial charge in [-0.25, -0.2) is 0 Å². The lowest BCUT2D eigenvalue weighted by Gasteiger charge is -2.32. The van der Waals surface area contributed by atoms with Gasteiger partial charge in [0.25, 0.3) is 0 Å². The molecule has 0 amide bonds. The van der Waals surface area contributed by atoms with Crippen molar-refractivity contribution in [2.45, 2.75) is 76.9 Å². The number of ketones is 1. The van der Waals surface area contributed by atoms with E-state index in [4.69, 9.17) is 9.84 Å². The third-order valence-electron chi connectivity index (χ3n) is 6.89. The third-order valence-corrected chi connectivity index (χ3v) is 6.89. The van der Waals surface area contributed by atoms with E-state index < -0.39 is 6.61 Å². The average molecular weight is 405 g/mol. The number of Topliss-reactive ketones (excluding diaryl/α,β-unsaturated/α-hetero) is 1. The maximum Gasteiger partial charge on any atom is 0.195 e. The first-order valence-electron chi connectivity index (χ1n) is 11.3. The van der Waals surface area contributed by atoms with Crippen molar-refractivity contribution < 1.29 is 24.9 Å². The normalized spacial score (nSPS) is 26.6.